The molecule has 1 N–H and O–H groups in total. The van der Waals surface area contributed by atoms with Crippen molar-refractivity contribution in [3.8, 4) is 23.0 Å². The summed E-state index contributed by atoms with van der Waals surface area (Å²) in [7, 11) is 2.84. The number of aromatic hydroxyl groups is 1. The Morgan fingerprint density at radius 1 is 0.654 bits per heavy atom. The van der Waals surface area contributed by atoms with Crippen molar-refractivity contribution in [1.82, 2.24) is 0 Å². The molecule has 1 aliphatic heterocycles. The molecule has 0 saturated carbocycles. The fraction of sp³-hybridized carbons (Fsp3) is 0.235. The first-order chi connectivity index (χ1) is 25.0. The van der Waals surface area contributed by atoms with E-state index in [1.165, 1.54) is 75.6 Å². The second-order valence-electron chi connectivity index (χ2n) is 10.5. The quantitative estimate of drug-likeness (QED) is 0.0501. The zero-order chi connectivity index (χ0) is 37.9. The molecular formula is C34H31Cl3N4O11. The topological polar surface area (TPSA) is 199 Å². The average Bonchev–Trinajstić information content (AvgIpc) is 3.76. The highest BCUT2D eigenvalue weighted by molar-refractivity contribution is 6.67. The second kappa shape index (κ2) is 18.2. The molecule has 15 nitrogen and oxygen atoms in total. The van der Waals surface area contributed by atoms with Crippen LogP contribution in [0.15, 0.2) is 72.8 Å². The maximum absolute atomic E-state index is 12.7. The lowest BCUT2D eigenvalue weighted by Crippen LogP contribution is -2.40. The van der Waals surface area contributed by atoms with Crippen LogP contribution in [0.4, 0.5) is 0 Å². The van der Waals surface area contributed by atoms with Crippen LogP contribution in [0.25, 0.3) is 44.1 Å². The Balaban J connectivity index is 0.000000186. The van der Waals surface area contributed by atoms with Crippen molar-refractivity contribution in [3.63, 3.8) is 0 Å². The van der Waals surface area contributed by atoms with Crippen molar-refractivity contribution in [2.75, 3.05) is 39.2 Å². The second-order valence-corrected chi connectivity index (χ2v) is 11.5. The van der Waals surface area contributed by atoms with E-state index in [1.807, 2.05) is 0 Å². The van der Waals surface area contributed by atoms with Gasteiger partial charge >= 0.3 is 28.0 Å². The van der Waals surface area contributed by atoms with E-state index < -0.39 is 11.2 Å². The van der Waals surface area contributed by atoms with E-state index in [2.05, 4.69) is 0 Å². The predicted octanol–water partition coefficient (Wildman–Crippen LogP) is 4.17. The molecule has 1 aliphatic rings. The third-order valence-corrected chi connectivity index (χ3v) is 8.05. The van der Waals surface area contributed by atoms with Gasteiger partial charge in [-0.3, -0.25) is 9.59 Å². The van der Waals surface area contributed by atoms with E-state index in [1.54, 1.807) is 24.3 Å². The Hall–Kier alpha value is -5.35. The molecule has 52 heavy (non-hydrogen) atoms. The molecule has 0 atom stereocenters. The molecule has 6 aromatic rings. The molecule has 0 radical (unpaired) electrons. The minimum Gasteiger partial charge on any atom is -0.617 e. The average molecular weight is 778 g/mol. The van der Waals surface area contributed by atoms with Gasteiger partial charge < -0.3 is 44.9 Å². The van der Waals surface area contributed by atoms with Gasteiger partial charge in [-0.1, -0.05) is 24.3 Å². The van der Waals surface area contributed by atoms with E-state index in [0.29, 0.717) is 24.7 Å². The van der Waals surface area contributed by atoms with E-state index in [4.69, 9.17) is 53.8 Å². The first kappa shape index (κ1) is 39.4. The number of rotatable bonds is 5. The number of fused-ring (bicyclic) bond motifs is 4. The number of phenols is 1. The summed E-state index contributed by atoms with van der Waals surface area (Å²) in [4.78, 5) is 20.9. The van der Waals surface area contributed by atoms with Crippen molar-refractivity contribution in [2.24, 2.45) is 0 Å². The Kier molecular flexibility index (Phi) is 13.8. The van der Waals surface area contributed by atoms with Gasteiger partial charge in [0, 0.05) is 37.5 Å². The molecule has 0 unspecified atom stereocenters. The van der Waals surface area contributed by atoms with E-state index in [0.717, 1.165) is 13.2 Å². The van der Waals surface area contributed by atoms with Gasteiger partial charge in [-0.2, -0.15) is 18.9 Å². The number of nitrogens with zero attached hydrogens (tertiary/aromatic N) is 4. The number of hydrogen-bond donors (Lipinski definition) is 1. The van der Waals surface area contributed by atoms with Gasteiger partial charge in [0.2, 0.25) is 11.0 Å². The first-order valence-electron chi connectivity index (χ1n) is 15.3. The van der Waals surface area contributed by atoms with E-state index >= 15 is 0 Å². The van der Waals surface area contributed by atoms with E-state index in [9.17, 15) is 35.5 Å². The Labute approximate surface area is 310 Å². The number of halogens is 3. The molecule has 18 heteroatoms. The summed E-state index contributed by atoms with van der Waals surface area (Å²) in [5.74, 6) is -0.869. The summed E-state index contributed by atoms with van der Waals surface area (Å²) in [6.07, 6.45) is 2.56. The summed E-state index contributed by atoms with van der Waals surface area (Å²) in [5, 5.41) is 59.2. The molecule has 1 saturated heterocycles. The number of aromatic nitrogens is 4. The highest BCUT2D eigenvalue weighted by Gasteiger charge is 2.29. The predicted molar refractivity (Wildman–Crippen MR) is 192 cm³/mol. The number of methoxy groups -OCH3 is 2. The van der Waals surface area contributed by atoms with Crippen LogP contribution in [0, 0.1) is 20.8 Å². The summed E-state index contributed by atoms with van der Waals surface area (Å²) in [6.45, 7) is 2.00. The minimum atomic E-state index is -0.720. The van der Waals surface area contributed by atoms with Crippen molar-refractivity contribution in [2.45, 2.75) is 12.8 Å². The number of carbonyl (C=O) groups is 2. The number of esters is 1. The van der Waals surface area contributed by atoms with Gasteiger partial charge in [0.15, 0.2) is 17.2 Å². The molecule has 3 heterocycles. The van der Waals surface area contributed by atoms with Crippen molar-refractivity contribution in [3.05, 3.63) is 93.6 Å². The number of phenolic OH excluding ortho intramolecular Hbond substituents is 1. The normalized spacial score (nSPS) is 11.9. The van der Waals surface area contributed by atoms with Gasteiger partial charge in [-0.15, -0.1) is 23.2 Å². The molecule has 1 fully saturated rings. The van der Waals surface area contributed by atoms with Crippen molar-refractivity contribution in [1.29, 1.82) is 0 Å². The molecule has 4 aromatic carbocycles. The summed E-state index contributed by atoms with van der Waals surface area (Å²) in [5.41, 5.74) is 0.504. The molecule has 0 amide bonds. The minimum absolute atomic E-state index is 0.0301. The molecule has 0 aliphatic carbocycles. The molecule has 274 valence electrons. The number of benzene rings is 4. The molecule has 0 spiro atoms. The lowest BCUT2D eigenvalue weighted by atomic mass is 10.2. The maximum atomic E-state index is 12.7. The number of para-hydroxylation sites is 4. The third kappa shape index (κ3) is 8.57. The van der Waals surface area contributed by atoms with E-state index in [-0.39, 0.29) is 73.1 Å². The van der Waals surface area contributed by atoms with Gasteiger partial charge in [-0.05, 0) is 48.7 Å². The lowest BCUT2D eigenvalue weighted by molar-refractivity contribution is -0.591. The summed E-state index contributed by atoms with van der Waals surface area (Å²) < 4.78 is 22.5. The monoisotopic (exact) mass is 776 g/mol. The lowest BCUT2D eigenvalue weighted by Gasteiger charge is -2.11. The Morgan fingerprint density at radius 2 is 1.02 bits per heavy atom. The van der Waals surface area contributed by atoms with Crippen molar-refractivity contribution >= 4 is 90.1 Å². The van der Waals surface area contributed by atoms with Crippen LogP contribution in [-0.2, 0) is 14.3 Å². The molecular weight excluding hydrogens is 747 g/mol. The molecule has 7 rings (SSSR count). The Morgan fingerprint density at radius 3 is 1.38 bits per heavy atom. The largest absolute Gasteiger partial charge is 0.617 e. The number of ether oxygens (including phenoxy) is 4. The summed E-state index contributed by atoms with van der Waals surface area (Å²) >= 11 is 15.0. The molecule has 0 bridgehead atoms. The van der Waals surface area contributed by atoms with Crippen LogP contribution in [0.3, 0.4) is 0 Å². The van der Waals surface area contributed by atoms with Crippen LogP contribution in [-0.4, -0.2) is 55.5 Å². The number of carbonyl (C=O) groups excluding carboxylic acids is 2. The van der Waals surface area contributed by atoms with Gasteiger partial charge in [0.1, 0.15) is 5.88 Å². The highest BCUT2D eigenvalue weighted by Crippen LogP contribution is 2.27. The third-order valence-electron chi connectivity index (χ3n) is 7.32. The Bertz CT molecular complexity index is 2230. The van der Waals surface area contributed by atoms with Crippen LogP contribution in [0.2, 0.25) is 0 Å². The standard InChI is InChI=1S/C15H11ClN2O5.C13H10N2O4.C4H8O.C2H2Cl2O/c1-22-11-6-2-4-9-14(11)17(20)10-5-3-7-12(15(10)18(9)21)23-13(19)8-16;1-19-11-7-3-5-9-13(11)15(18)8-4-2-6-10(16)12(8)14(9)17;1-2-4-5-3-1;3-1-2(4)5/h2-7H,8H2,1H3;2-7,16H,1H3;1-4H2;1H2. The van der Waals surface area contributed by atoms with Crippen LogP contribution in [0.1, 0.15) is 12.8 Å². The van der Waals surface area contributed by atoms with Gasteiger partial charge in [0.05, 0.1) is 20.1 Å². The first-order valence-corrected chi connectivity index (χ1v) is 16.7. The SMILES string of the molecule is C1CCOC1.COc1cccc2c1[n+]([O-])c1cccc(O)c1[n+]2[O-].COc1cccc2c1[n+]([O-])c1cccc(OC(=O)CCl)c1[n+]2[O-].O=C(Cl)CCl. The van der Waals surface area contributed by atoms with Gasteiger partial charge in [-0.25, -0.2) is 0 Å². The number of hydrogen-bond acceptors (Lipinski definition) is 11. The fourth-order valence-electron chi connectivity index (χ4n) is 5.08. The van der Waals surface area contributed by atoms with Gasteiger partial charge in [0.25, 0.3) is 22.1 Å². The zero-order valence-corrected chi connectivity index (χ0v) is 29.9. The highest BCUT2D eigenvalue weighted by atomic mass is 35.5. The zero-order valence-electron chi connectivity index (χ0n) is 27.6. The smallest absolute Gasteiger partial charge is 0.333 e. The van der Waals surface area contributed by atoms with Crippen LogP contribution in [0.5, 0.6) is 23.0 Å². The van der Waals surface area contributed by atoms with Crippen molar-refractivity contribution < 1.29 is 52.6 Å². The van der Waals surface area contributed by atoms with Crippen LogP contribution >= 0.6 is 34.8 Å². The maximum Gasteiger partial charge on any atom is 0.333 e. The fourth-order valence-corrected chi connectivity index (χ4v) is 5.14. The van der Waals surface area contributed by atoms with Crippen LogP contribution < -0.4 is 33.1 Å². The summed E-state index contributed by atoms with van der Waals surface area (Å²) in [6, 6.07) is 18.1. The number of alkyl halides is 2. The molecule has 2 aromatic heterocycles.